The first-order valence-corrected chi connectivity index (χ1v) is 7.25. The minimum Gasteiger partial charge on any atom is -0.384 e. The summed E-state index contributed by atoms with van der Waals surface area (Å²) in [6, 6.07) is 0. The zero-order valence-corrected chi connectivity index (χ0v) is 13.7. The predicted octanol–water partition coefficient (Wildman–Crippen LogP) is -0.924. The van der Waals surface area contributed by atoms with Crippen molar-refractivity contribution >= 4 is 5.91 Å². The lowest BCUT2D eigenvalue weighted by molar-refractivity contribution is -0.131. The average molecular weight is 337 g/mol. The van der Waals surface area contributed by atoms with Crippen molar-refractivity contribution in [3.63, 3.8) is 0 Å². The number of H-pyrrole nitrogens is 1. The van der Waals surface area contributed by atoms with Crippen molar-refractivity contribution in [2.75, 3.05) is 20.8 Å². The van der Waals surface area contributed by atoms with Gasteiger partial charge in [-0.1, -0.05) is 5.16 Å². The highest BCUT2D eigenvalue weighted by Crippen LogP contribution is 2.03. The molecule has 0 unspecified atom stereocenters. The minimum absolute atomic E-state index is 0.121. The number of ether oxygens (including phenoxy) is 1. The molecule has 0 spiro atoms. The van der Waals surface area contributed by atoms with Crippen LogP contribution in [0.15, 0.2) is 20.3 Å². The molecular weight excluding hydrogens is 318 g/mol. The molecule has 0 aliphatic heterocycles. The maximum absolute atomic E-state index is 12.2. The number of hydrogen-bond acceptors (Lipinski definition) is 7. The smallest absolute Gasteiger partial charge is 0.328 e. The number of likely N-dealkylation sites (N-methyl/N-ethyl adjacent to an activating group) is 1. The summed E-state index contributed by atoms with van der Waals surface area (Å²) in [7, 11) is 3.14. The topological polar surface area (TPSA) is 123 Å². The van der Waals surface area contributed by atoms with Crippen molar-refractivity contribution in [1.82, 2.24) is 24.6 Å². The number of methoxy groups -OCH3 is 1. The van der Waals surface area contributed by atoms with Gasteiger partial charge in [0.15, 0.2) is 5.82 Å². The van der Waals surface area contributed by atoms with Gasteiger partial charge in [-0.25, -0.2) is 4.79 Å². The van der Waals surface area contributed by atoms with Gasteiger partial charge in [-0.05, 0) is 6.92 Å². The number of carbonyl (C=O) groups is 1. The number of carbonyl (C=O) groups excluding carboxylic acids is 1. The summed E-state index contributed by atoms with van der Waals surface area (Å²) in [5.74, 6) is 0.460. The number of nitrogens with one attached hydrogen (secondary N) is 1. The van der Waals surface area contributed by atoms with E-state index in [1.165, 1.54) is 11.1 Å². The van der Waals surface area contributed by atoms with Gasteiger partial charge in [-0.3, -0.25) is 19.1 Å². The molecule has 1 amide bonds. The second kappa shape index (κ2) is 7.68. The van der Waals surface area contributed by atoms with Crippen LogP contribution in [0.2, 0.25) is 0 Å². The molecule has 0 aromatic carbocycles. The van der Waals surface area contributed by atoms with Crippen molar-refractivity contribution in [2.45, 2.75) is 26.4 Å². The predicted molar refractivity (Wildman–Crippen MR) is 82.4 cm³/mol. The van der Waals surface area contributed by atoms with E-state index in [1.54, 1.807) is 21.1 Å². The van der Waals surface area contributed by atoms with Crippen LogP contribution in [-0.4, -0.2) is 51.3 Å². The van der Waals surface area contributed by atoms with Crippen LogP contribution in [0, 0.1) is 6.92 Å². The fourth-order valence-electron chi connectivity index (χ4n) is 1.94. The number of aromatic nitrogens is 4. The van der Waals surface area contributed by atoms with E-state index >= 15 is 0 Å². The summed E-state index contributed by atoms with van der Waals surface area (Å²) < 4.78 is 11.1. The van der Waals surface area contributed by atoms with Gasteiger partial charge >= 0.3 is 5.69 Å². The Balaban J connectivity index is 2.00. The van der Waals surface area contributed by atoms with Crippen LogP contribution >= 0.6 is 0 Å². The van der Waals surface area contributed by atoms with Gasteiger partial charge in [0, 0.05) is 32.3 Å². The number of nitrogens with zero attached hydrogens (tertiary/aromatic N) is 4. The molecular formula is C14H19N5O5. The molecule has 2 heterocycles. The SMILES string of the molecule is COCCc1noc(CN(C)C(=O)Cn2cc(C)c(=O)[nH]c2=O)n1. The monoisotopic (exact) mass is 337 g/mol. The molecule has 24 heavy (non-hydrogen) atoms. The Labute approximate surface area is 137 Å². The summed E-state index contributed by atoms with van der Waals surface area (Å²) in [6.07, 6.45) is 1.87. The Morgan fingerprint density at radius 3 is 2.92 bits per heavy atom. The zero-order valence-electron chi connectivity index (χ0n) is 13.7. The van der Waals surface area contributed by atoms with Gasteiger partial charge in [0.2, 0.25) is 11.8 Å². The van der Waals surface area contributed by atoms with Crippen LogP contribution in [0.1, 0.15) is 17.3 Å². The quantitative estimate of drug-likeness (QED) is 0.692. The van der Waals surface area contributed by atoms with E-state index < -0.39 is 11.2 Å². The summed E-state index contributed by atoms with van der Waals surface area (Å²) >= 11 is 0. The van der Waals surface area contributed by atoms with E-state index in [0.29, 0.717) is 30.3 Å². The molecule has 0 bridgehead atoms. The van der Waals surface area contributed by atoms with Crippen LogP contribution in [0.4, 0.5) is 0 Å². The molecule has 0 atom stereocenters. The molecule has 0 radical (unpaired) electrons. The van der Waals surface area contributed by atoms with E-state index in [-0.39, 0.29) is 19.0 Å². The number of amides is 1. The standard InChI is InChI=1S/C14H19N5O5/c1-9-6-19(14(22)16-13(9)21)8-12(20)18(2)7-11-15-10(17-24-11)4-5-23-3/h6H,4-5,7-8H2,1-3H3,(H,16,21,22). The summed E-state index contributed by atoms with van der Waals surface area (Å²) in [5, 5.41) is 3.79. The van der Waals surface area contributed by atoms with Gasteiger partial charge in [-0.15, -0.1) is 0 Å². The molecule has 2 aromatic rings. The van der Waals surface area contributed by atoms with Crippen LogP contribution in [0.25, 0.3) is 0 Å². The minimum atomic E-state index is -0.632. The molecule has 1 N–H and O–H groups in total. The number of rotatable bonds is 7. The second-order valence-corrected chi connectivity index (χ2v) is 5.30. The molecule has 0 aliphatic carbocycles. The van der Waals surface area contributed by atoms with Crippen LogP contribution in [0.5, 0.6) is 0 Å². The molecule has 130 valence electrons. The first-order chi connectivity index (χ1) is 11.4. The lowest BCUT2D eigenvalue weighted by Gasteiger charge is -2.15. The van der Waals surface area contributed by atoms with Crippen molar-refractivity contribution < 1.29 is 14.1 Å². The Morgan fingerprint density at radius 1 is 1.46 bits per heavy atom. The maximum atomic E-state index is 12.2. The third-order valence-electron chi connectivity index (χ3n) is 3.33. The molecule has 10 heteroatoms. The molecule has 0 saturated heterocycles. The van der Waals surface area contributed by atoms with Gasteiger partial charge in [0.1, 0.15) is 6.54 Å². The van der Waals surface area contributed by atoms with Crippen LogP contribution in [-0.2, 0) is 29.0 Å². The zero-order chi connectivity index (χ0) is 17.7. The first kappa shape index (κ1) is 17.6. The lowest BCUT2D eigenvalue weighted by atomic mass is 10.4. The fourth-order valence-corrected chi connectivity index (χ4v) is 1.94. The Morgan fingerprint density at radius 2 is 2.21 bits per heavy atom. The van der Waals surface area contributed by atoms with E-state index in [2.05, 4.69) is 15.1 Å². The Hall–Kier alpha value is -2.75. The molecule has 10 nitrogen and oxygen atoms in total. The van der Waals surface area contributed by atoms with E-state index in [1.807, 2.05) is 0 Å². The van der Waals surface area contributed by atoms with E-state index in [0.717, 1.165) is 4.57 Å². The van der Waals surface area contributed by atoms with E-state index in [4.69, 9.17) is 9.26 Å². The lowest BCUT2D eigenvalue weighted by Crippen LogP contribution is -2.37. The van der Waals surface area contributed by atoms with Crippen LogP contribution < -0.4 is 11.2 Å². The van der Waals surface area contributed by atoms with E-state index in [9.17, 15) is 14.4 Å². The third kappa shape index (κ3) is 4.38. The largest absolute Gasteiger partial charge is 0.384 e. The van der Waals surface area contributed by atoms with Gasteiger partial charge in [-0.2, -0.15) is 4.98 Å². The van der Waals surface area contributed by atoms with Crippen molar-refractivity contribution in [2.24, 2.45) is 0 Å². The first-order valence-electron chi connectivity index (χ1n) is 7.25. The van der Waals surface area contributed by atoms with Gasteiger partial charge < -0.3 is 14.2 Å². The van der Waals surface area contributed by atoms with Gasteiger partial charge in [0.05, 0.1) is 13.2 Å². The normalized spacial score (nSPS) is 10.8. The highest BCUT2D eigenvalue weighted by Gasteiger charge is 2.15. The van der Waals surface area contributed by atoms with Crippen molar-refractivity contribution in [1.29, 1.82) is 0 Å². The fraction of sp³-hybridized carbons (Fsp3) is 0.500. The molecule has 0 aliphatic rings. The molecule has 2 aromatic heterocycles. The Bertz CT molecular complexity index is 821. The molecule has 0 fully saturated rings. The molecule has 0 saturated carbocycles. The summed E-state index contributed by atoms with van der Waals surface area (Å²) in [4.78, 5) is 42.9. The number of aromatic amines is 1. The number of aryl methyl sites for hydroxylation is 1. The van der Waals surface area contributed by atoms with Crippen molar-refractivity contribution in [3.05, 3.63) is 44.3 Å². The molecule has 2 rings (SSSR count). The van der Waals surface area contributed by atoms with Crippen molar-refractivity contribution in [3.8, 4) is 0 Å². The van der Waals surface area contributed by atoms with Crippen LogP contribution in [0.3, 0.4) is 0 Å². The summed E-state index contributed by atoms with van der Waals surface area (Å²) in [5.41, 5.74) is -0.747. The second-order valence-electron chi connectivity index (χ2n) is 5.30. The maximum Gasteiger partial charge on any atom is 0.328 e. The highest BCUT2D eigenvalue weighted by molar-refractivity contribution is 5.75. The third-order valence-corrected chi connectivity index (χ3v) is 3.33. The Kier molecular flexibility index (Phi) is 5.64. The summed E-state index contributed by atoms with van der Waals surface area (Å²) in [6.45, 7) is 1.96. The number of hydrogen-bond donors (Lipinski definition) is 1. The highest BCUT2D eigenvalue weighted by atomic mass is 16.5. The average Bonchev–Trinajstić information content (AvgIpc) is 2.97. The van der Waals surface area contributed by atoms with Gasteiger partial charge in [0.25, 0.3) is 5.56 Å².